The van der Waals surface area contributed by atoms with Gasteiger partial charge in [0.1, 0.15) is 0 Å². The molecule has 1 heterocycles. The highest BCUT2D eigenvalue weighted by Gasteiger charge is 2.35. The van der Waals surface area contributed by atoms with Crippen molar-refractivity contribution in [3.63, 3.8) is 0 Å². The van der Waals surface area contributed by atoms with Crippen LogP contribution in [0, 0.1) is 5.92 Å². The van der Waals surface area contributed by atoms with E-state index in [1.165, 1.54) is 0 Å². The molecule has 0 radical (unpaired) electrons. The van der Waals surface area contributed by atoms with E-state index in [-0.39, 0.29) is 30.1 Å². The lowest BCUT2D eigenvalue weighted by molar-refractivity contribution is -0.140. The third-order valence-corrected chi connectivity index (χ3v) is 5.13. The molecule has 0 bridgehead atoms. The number of nitrogens with one attached hydrogen (secondary N) is 1. The summed E-state index contributed by atoms with van der Waals surface area (Å²) in [6.07, 6.45) is 2.30. The zero-order chi connectivity index (χ0) is 17.8. The van der Waals surface area contributed by atoms with E-state index in [0.717, 1.165) is 17.3 Å². The molecular weight excluding hydrogens is 386 g/mol. The van der Waals surface area contributed by atoms with E-state index < -0.39 is 0 Å². The zero-order valence-corrected chi connectivity index (χ0v) is 15.6. The largest absolute Gasteiger partial charge is 0.352 e. The van der Waals surface area contributed by atoms with Crippen LogP contribution in [0.4, 0.5) is 0 Å². The Morgan fingerprint density at radius 3 is 2.20 bits per heavy atom. The summed E-state index contributed by atoms with van der Waals surface area (Å²) in [6, 6.07) is 7.08. The van der Waals surface area contributed by atoms with Crippen LogP contribution in [-0.2, 0) is 9.59 Å². The quantitative estimate of drug-likeness (QED) is 0.806. The molecule has 1 saturated heterocycles. The lowest BCUT2D eigenvalue weighted by Crippen LogP contribution is -2.51. The maximum atomic E-state index is 12.2. The maximum Gasteiger partial charge on any atom is 0.251 e. The number of hydrogen-bond donors (Lipinski definition) is 1. The van der Waals surface area contributed by atoms with Crippen LogP contribution in [0.2, 0.25) is 0 Å². The van der Waals surface area contributed by atoms with E-state index in [4.69, 9.17) is 0 Å². The lowest BCUT2D eigenvalue weighted by atomic mass is 10.2. The van der Waals surface area contributed by atoms with Crippen molar-refractivity contribution in [1.82, 2.24) is 15.1 Å². The Bertz CT molecular complexity index is 650. The topological polar surface area (TPSA) is 69.7 Å². The molecule has 6 nitrogen and oxygen atoms in total. The first kappa shape index (κ1) is 17.9. The van der Waals surface area contributed by atoms with Crippen LogP contribution in [-0.4, -0.2) is 60.2 Å². The molecule has 1 aliphatic heterocycles. The molecule has 2 fully saturated rings. The number of benzene rings is 1. The van der Waals surface area contributed by atoms with Crippen molar-refractivity contribution in [2.75, 3.05) is 32.7 Å². The number of carbonyl (C=O) groups is 3. The van der Waals surface area contributed by atoms with Gasteiger partial charge in [-0.15, -0.1) is 0 Å². The van der Waals surface area contributed by atoms with E-state index in [1.54, 1.807) is 17.0 Å². The number of nitrogens with zero attached hydrogens (tertiary/aromatic N) is 2. The molecule has 0 aromatic heterocycles. The summed E-state index contributed by atoms with van der Waals surface area (Å²) in [4.78, 5) is 39.9. The molecule has 25 heavy (non-hydrogen) atoms. The predicted octanol–water partition coefficient (Wildman–Crippen LogP) is 1.65. The fraction of sp³-hybridized carbons (Fsp3) is 0.500. The van der Waals surface area contributed by atoms with Crippen molar-refractivity contribution in [1.29, 1.82) is 0 Å². The van der Waals surface area contributed by atoms with Gasteiger partial charge in [-0.05, 0) is 37.1 Å². The van der Waals surface area contributed by atoms with Crippen molar-refractivity contribution in [3.8, 4) is 0 Å². The van der Waals surface area contributed by atoms with E-state index in [1.807, 2.05) is 17.0 Å². The van der Waals surface area contributed by atoms with Crippen LogP contribution in [0.3, 0.4) is 0 Å². The summed E-state index contributed by atoms with van der Waals surface area (Å²) < 4.78 is 0.915. The average Bonchev–Trinajstić information content (AvgIpc) is 3.47. The van der Waals surface area contributed by atoms with E-state index >= 15 is 0 Å². The fourth-order valence-electron chi connectivity index (χ4n) is 2.91. The van der Waals surface area contributed by atoms with Gasteiger partial charge in [0.25, 0.3) is 5.91 Å². The van der Waals surface area contributed by atoms with E-state index in [9.17, 15) is 14.4 Å². The smallest absolute Gasteiger partial charge is 0.251 e. The molecule has 0 spiro atoms. The monoisotopic (exact) mass is 407 g/mol. The van der Waals surface area contributed by atoms with Gasteiger partial charge in [-0.25, -0.2) is 0 Å². The average molecular weight is 408 g/mol. The highest BCUT2D eigenvalue weighted by molar-refractivity contribution is 9.10. The Balaban J connectivity index is 1.37. The second-order valence-corrected chi connectivity index (χ2v) is 7.41. The van der Waals surface area contributed by atoms with Crippen LogP contribution in [0.25, 0.3) is 0 Å². The van der Waals surface area contributed by atoms with Crippen molar-refractivity contribution in [2.45, 2.75) is 19.3 Å². The normalized spacial score (nSPS) is 17.3. The Labute approximate surface area is 155 Å². The van der Waals surface area contributed by atoms with Crippen molar-refractivity contribution < 1.29 is 14.4 Å². The van der Waals surface area contributed by atoms with Gasteiger partial charge in [0.05, 0.1) is 0 Å². The van der Waals surface area contributed by atoms with Crippen LogP contribution >= 0.6 is 15.9 Å². The zero-order valence-electron chi connectivity index (χ0n) is 14.0. The standard InChI is InChI=1S/C18H22BrN3O3/c19-15-5-3-13(4-6-15)17(24)20-8-7-16(23)21-9-11-22(12-10-21)18(25)14-1-2-14/h3-6,14H,1-2,7-12H2,(H,20,24). The summed E-state index contributed by atoms with van der Waals surface area (Å²) in [5.41, 5.74) is 0.572. The maximum absolute atomic E-state index is 12.2. The Morgan fingerprint density at radius 1 is 1.00 bits per heavy atom. The highest BCUT2D eigenvalue weighted by atomic mass is 79.9. The van der Waals surface area contributed by atoms with Gasteiger partial charge >= 0.3 is 0 Å². The molecule has 0 atom stereocenters. The number of amides is 3. The third-order valence-electron chi connectivity index (χ3n) is 4.60. The minimum Gasteiger partial charge on any atom is -0.352 e. The molecule has 1 aliphatic carbocycles. The van der Waals surface area contributed by atoms with Crippen molar-refractivity contribution >= 4 is 33.7 Å². The van der Waals surface area contributed by atoms with E-state index in [0.29, 0.717) is 38.3 Å². The van der Waals surface area contributed by atoms with Crippen LogP contribution in [0.15, 0.2) is 28.7 Å². The van der Waals surface area contributed by atoms with Gasteiger partial charge in [0, 0.05) is 55.1 Å². The number of piperazine rings is 1. The molecule has 1 N–H and O–H groups in total. The molecule has 1 aromatic rings. The fourth-order valence-corrected chi connectivity index (χ4v) is 3.17. The lowest BCUT2D eigenvalue weighted by Gasteiger charge is -2.35. The van der Waals surface area contributed by atoms with Crippen molar-refractivity contribution in [3.05, 3.63) is 34.3 Å². The molecule has 134 valence electrons. The van der Waals surface area contributed by atoms with Gasteiger partial charge in [0.2, 0.25) is 11.8 Å². The second-order valence-electron chi connectivity index (χ2n) is 6.49. The van der Waals surface area contributed by atoms with Gasteiger partial charge in [-0.3, -0.25) is 14.4 Å². The number of halogens is 1. The van der Waals surface area contributed by atoms with Gasteiger partial charge < -0.3 is 15.1 Å². The molecule has 0 unspecified atom stereocenters. The summed E-state index contributed by atoms with van der Waals surface area (Å²) in [5, 5.41) is 2.77. The molecule has 3 rings (SSSR count). The number of carbonyl (C=O) groups excluding carboxylic acids is 3. The number of rotatable bonds is 5. The predicted molar refractivity (Wildman–Crippen MR) is 97.0 cm³/mol. The highest BCUT2D eigenvalue weighted by Crippen LogP contribution is 2.31. The summed E-state index contributed by atoms with van der Waals surface area (Å²) in [7, 11) is 0. The van der Waals surface area contributed by atoms with Gasteiger partial charge in [0.15, 0.2) is 0 Å². The number of hydrogen-bond acceptors (Lipinski definition) is 3. The van der Waals surface area contributed by atoms with Crippen LogP contribution in [0.1, 0.15) is 29.6 Å². The summed E-state index contributed by atoms with van der Waals surface area (Å²) in [5.74, 6) is 0.319. The first-order valence-corrected chi connectivity index (χ1v) is 9.44. The minimum atomic E-state index is -0.180. The Kier molecular flexibility index (Phi) is 5.73. The molecule has 2 aliphatic rings. The molecule has 1 saturated carbocycles. The van der Waals surface area contributed by atoms with Gasteiger partial charge in [-0.2, -0.15) is 0 Å². The first-order chi connectivity index (χ1) is 12.0. The molecule has 3 amide bonds. The van der Waals surface area contributed by atoms with Crippen molar-refractivity contribution in [2.24, 2.45) is 5.92 Å². The minimum absolute atomic E-state index is 0.0228. The molecule has 7 heteroatoms. The molecule has 1 aromatic carbocycles. The first-order valence-electron chi connectivity index (χ1n) is 8.65. The second kappa shape index (κ2) is 7.99. The Morgan fingerprint density at radius 2 is 1.60 bits per heavy atom. The van der Waals surface area contributed by atoms with Gasteiger partial charge in [-0.1, -0.05) is 15.9 Å². The summed E-state index contributed by atoms with van der Waals surface area (Å²) >= 11 is 3.33. The van der Waals surface area contributed by atoms with E-state index in [2.05, 4.69) is 21.2 Å². The third kappa shape index (κ3) is 4.81. The van der Waals surface area contributed by atoms with Crippen LogP contribution < -0.4 is 5.32 Å². The summed E-state index contributed by atoms with van der Waals surface area (Å²) in [6.45, 7) is 2.71. The molecular formula is C18H22BrN3O3. The SMILES string of the molecule is O=C(NCCC(=O)N1CCN(C(=O)C2CC2)CC1)c1ccc(Br)cc1. The van der Waals surface area contributed by atoms with Crippen LogP contribution in [0.5, 0.6) is 0 Å². The Hall–Kier alpha value is -1.89.